The second-order valence-corrected chi connectivity index (χ2v) is 4.68. The number of carbonyl (C=O) groups excluding carboxylic acids is 1. The molecule has 0 aliphatic carbocycles. The fourth-order valence-corrected chi connectivity index (χ4v) is 2.00. The van der Waals surface area contributed by atoms with E-state index in [0.29, 0.717) is 18.7 Å². The highest BCUT2D eigenvalue weighted by atomic mass is 16.5. The molecule has 2 aromatic carbocycles. The zero-order valence-corrected chi connectivity index (χ0v) is 11.9. The van der Waals surface area contributed by atoms with E-state index in [2.05, 4.69) is 5.32 Å². The third-order valence-corrected chi connectivity index (χ3v) is 3.02. The lowest BCUT2D eigenvalue weighted by molar-refractivity contribution is 0.1000. The summed E-state index contributed by atoms with van der Waals surface area (Å²) in [5, 5.41) is 3.26. The molecule has 0 unspecified atom stereocenters. The molecule has 0 saturated heterocycles. The third-order valence-electron chi connectivity index (χ3n) is 3.02. The summed E-state index contributed by atoms with van der Waals surface area (Å²) in [6.07, 6.45) is 0. The van der Waals surface area contributed by atoms with Crippen LogP contribution >= 0.6 is 0 Å². The van der Waals surface area contributed by atoms with E-state index in [1.54, 1.807) is 6.07 Å². The number of nitrogens with two attached hydrogens (primary N) is 2. The van der Waals surface area contributed by atoms with Crippen molar-refractivity contribution in [2.75, 3.05) is 18.5 Å². The maximum atomic E-state index is 11.2. The summed E-state index contributed by atoms with van der Waals surface area (Å²) in [7, 11) is 0. The van der Waals surface area contributed by atoms with Crippen LogP contribution in [0.5, 0.6) is 5.75 Å². The Morgan fingerprint density at radius 2 is 1.81 bits per heavy atom. The van der Waals surface area contributed by atoms with E-state index in [-0.39, 0.29) is 0 Å². The number of hydrogen-bond donors (Lipinski definition) is 3. The minimum atomic E-state index is -0.416. The molecule has 0 radical (unpaired) electrons. The summed E-state index contributed by atoms with van der Waals surface area (Å²) >= 11 is 0. The van der Waals surface area contributed by atoms with Gasteiger partial charge in [-0.1, -0.05) is 0 Å². The fraction of sp³-hybridized carbons (Fsp3) is 0.188. The van der Waals surface area contributed by atoms with Crippen LogP contribution in [0.4, 0.5) is 11.4 Å². The van der Waals surface area contributed by atoms with Crippen LogP contribution in [0.1, 0.15) is 15.9 Å². The number of amides is 1. The largest absolute Gasteiger partial charge is 0.492 e. The summed E-state index contributed by atoms with van der Waals surface area (Å²) in [6.45, 7) is 2.85. The average molecular weight is 285 g/mol. The van der Waals surface area contributed by atoms with Crippen LogP contribution in [0, 0.1) is 6.92 Å². The molecule has 0 aliphatic rings. The number of anilines is 2. The Labute approximate surface area is 123 Å². The van der Waals surface area contributed by atoms with Crippen molar-refractivity contribution in [1.82, 2.24) is 0 Å². The van der Waals surface area contributed by atoms with Gasteiger partial charge in [0.2, 0.25) is 5.91 Å². The Bertz CT molecular complexity index is 624. The van der Waals surface area contributed by atoms with Gasteiger partial charge in [0.05, 0.1) is 0 Å². The van der Waals surface area contributed by atoms with Crippen LogP contribution in [-0.4, -0.2) is 19.1 Å². The minimum absolute atomic E-state index is 0.416. The van der Waals surface area contributed by atoms with Crippen molar-refractivity contribution in [1.29, 1.82) is 0 Å². The number of carbonyl (C=O) groups is 1. The van der Waals surface area contributed by atoms with E-state index >= 15 is 0 Å². The molecule has 0 aliphatic heterocycles. The van der Waals surface area contributed by atoms with Crippen molar-refractivity contribution in [3.63, 3.8) is 0 Å². The zero-order valence-electron chi connectivity index (χ0n) is 11.9. The molecule has 0 spiro atoms. The molecule has 5 nitrogen and oxygen atoms in total. The summed E-state index contributed by atoms with van der Waals surface area (Å²) in [5.74, 6) is 0.367. The van der Waals surface area contributed by atoms with E-state index in [1.165, 1.54) is 0 Å². The summed E-state index contributed by atoms with van der Waals surface area (Å²) < 4.78 is 5.42. The van der Waals surface area contributed by atoms with Gasteiger partial charge < -0.3 is 21.5 Å². The molecule has 0 aromatic heterocycles. The lowest BCUT2D eigenvalue weighted by Gasteiger charge is -2.10. The number of primary amides is 1. The highest BCUT2D eigenvalue weighted by Crippen LogP contribution is 2.22. The molecule has 0 saturated carbocycles. The van der Waals surface area contributed by atoms with Gasteiger partial charge in [0.15, 0.2) is 0 Å². The van der Waals surface area contributed by atoms with Crippen LogP contribution in [0.3, 0.4) is 0 Å². The minimum Gasteiger partial charge on any atom is -0.492 e. The number of aryl methyl sites for hydroxylation is 1. The Morgan fingerprint density at radius 1 is 1.14 bits per heavy atom. The predicted octanol–water partition coefficient (Wildman–Crippen LogP) is 2.18. The van der Waals surface area contributed by atoms with E-state index in [4.69, 9.17) is 16.2 Å². The third kappa shape index (κ3) is 3.97. The van der Waals surface area contributed by atoms with Crippen molar-refractivity contribution in [3.8, 4) is 5.75 Å². The first-order valence-corrected chi connectivity index (χ1v) is 6.70. The maximum Gasteiger partial charge on any atom is 0.248 e. The van der Waals surface area contributed by atoms with Crippen LogP contribution < -0.4 is 21.5 Å². The van der Waals surface area contributed by atoms with E-state index in [1.807, 2.05) is 43.3 Å². The second-order valence-electron chi connectivity index (χ2n) is 4.68. The first-order chi connectivity index (χ1) is 10.1. The Balaban J connectivity index is 2.07. The predicted molar refractivity (Wildman–Crippen MR) is 84.0 cm³/mol. The fourth-order valence-electron chi connectivity index (χ4n) is 2.00. The normalized spacial score (nSPS) is 10.2. The quantitative estimate of drug-likeness (QED) is 0.758. The topological polar surface area (TPSA) is 90.4 Å². The van der Waals surface area contributed by atoms with Gasteiger partial charge in [0.25, 0.3) is 0 Å². The lowest BCUT2D eigenvalue weighted by Crippen LogP contribution is -2.12. The number of nitrogens with one attached hydrogen (secondary N) is 1. The number of hydrogen-bond acceptors (Lipinski definition) is 4. The van der Waals surface area contributed by atoms with Gasteiger partial charge in [-0.2, -0.15) is 0 Å². The standard InChI is InChI=1S/C16H19N3O2/c1-11-10-13(4-7-15(11)16(18)20)19-12-2-5-14(6-3-12)21-9-8-17/h2-7,10,19H,8-9,17H2,1H3,(H2,18,20). The summed E-state index contributed by atoms with van der Waals surface area (Å²) in [5.41, 5.74) is 13.9. The molecule has 110 valence electrons. The van der Waals surface area contributed by atoms with Crippen molar-refractivity contribution in [2.24, 2.45) is 11.5 Å². The van der Waals surface area contributed by atoms with E-state index in [0.717, 1.165) is 22.7 Å². The van der Waals surface area contributed by atoms with Crippen LogP contribution in [0.15, 0.2) is 42.5 Å². The van der Waals surface area contributed by atoms with Gasteiger partial charge in [-0.25, -0.2) is 0 Å². The molecule has 2 rings (SSSR count). The van der Waals surface area contributed by atoms with Gasteiger partial charge in [-0.3, -0.25) is 4.79 Å². The summed E-state index contributed by atoms with van der Waals surface area (Å²) in [6, 6.07) is 13.0. The van der Waals surface area contributed by atoms with Gasteiger partial charge >= 0.3 is 0 Å². The molecule has 21 heavy (non-hydrogen) atoms. The van der Waals surface area contributed by atoms with Gasteiger partial charge in [0.1, 0.15) is 12.4 Å². The molecule has 5 heteroatoms. The van der Waals surface area contributed by atoms with E-state index < -0.39 is 5.91 Å². The number of rotatable bonds is 6. The number of ether oxygens (including phenoxy) is 1. The average Bonchev–Trinajstić information content (AvgIpc) is 2.46. The molecule has 5 N–H and O–H groups in total. The van der Waals surface area contributed by atoms with Crippen LogP contribution in [-0.2, 0) is 0 Å². The molecule has 1 amide bonds. The highest BCUT2D eigenvalue weighted by Gasteiger charge is 2.05. The van der Waals surface area contributed by atoms with Crippen molar-refractivity contribution in [2.45, 2.75) is 6.92 Å². The van der Waals surface area contributed by atoms with Gasteiger partial charge in [-0.05, 0) is 55.0 Å². The Morgan fingerprint density at radius 3 is 2.38 bits per heavy atom. The second kappa shape index (κ2) is 6.76. The Hall–Kier alpha value is -2.53. The van der Waals surface area contributed by atoms with Gasteiger partial charge in [-0.15, -0.1) is 0 Å². The summed E-state index contributed by atoms with van der Waals surface area (Å²) in [4.78, 5) is 11.2. The van der Waals surface area contributed by atoms with Gasteiger partial charge in [0, 0.05) is 23.5 Å². The zero-order chi connectivity index (χ0) is 15.2. The molecule has 0 fully saturated rings. The first-order valence-electron chi connectivity index (χ1n) is 6.70. The van der Waals surface area contributed by atoms with Crippen LogP contribution in [0.2, 0.25) is 0 Å². The Kier molecular flexibility index (Phi) is 4.79. The van der Waals surface area contributed by atoms with Crippen molar-refractivity contribution in [3.05, 3.63) is 53.6 Å². The first kappa shape index (κ1) is 14.9. The molecule has 0 atom stereocenters. The maximum absolute atomic E-state index is 11.2. The van der Waals surface area contributed by atoms with Crippen LogP contribution in [0.25, 0.3) is 0 Å². The van der Waals surface area contributed by atoms with Crippen molar-refractivity contribution >= 4 is 17.3 Å². The lowest BCUT2D eigenvalue weighted by atomic mass is 10.1. The van der Waals surface area contributed by atoms with Crippen molar-refractivity contribution < 1.29 is 9.53 Å². The highest BCUT2D eigenvalue weighted by molar-refractivity contribution is 5.94. The SMILES string of the molecule is Cc1cc(Nc2ccc(OCCN)cc2)ccc1C(N)=O. The molecular weight excluding hydrogens is 266 g/mol. The molecule has 0 bridgehead atoms. The monoisotopic (exact) mass is 285 g/mol. The smallest absolute Gasteiger partial charge is 0.248 e. The molecular formula is C16H19N3O2. The molecule has 2 aromatic rings. The van der Waals surface area contributed by atoms with E-state index in [9.17, 15) is 4.79 Å². The molecule has 0 heterocycles. The number of benzene rings is 2.